The summed E-state index contributed by atoms with van der Waals surface area (Å²) >= 11 is 5.84. The second kappa shape index (κ2) is 8.54. The highest BCUT2D eigenvalue weighted by molar-refractivity contribution is 6.30. The summed E-state index contributed by atoms with van der Waals surface area (Å²) in [5.41, 5.74) is 1.20. The predicted molar refractivity (Wildman–Crippen MR) is 86.8 cm³/mol. The third-order valence-electron chi connectivity index (χ3n) is 3.47. The van der Waals surface area contributed by atoms with Gasteiger partial charge in [0.2, 0.25) is 5.91 Å². The third kappa shape index (κ3) is 5.15. The lowest BCUT2D eigenvalue weighted by Crippen LogP contribution is -2.27. The zero-order chi connectivity index (χ0) is 15.8. The Morgan fingerprint density at radius 3 is 2.82 bits per heavy atom. The van der Waals surface area contributed by atoms with E-state index in [0.29, 0.717) is 19.5 Å². The van der Waals surface area contributed by atoms with E-state index < -0.39 is 0 Å². The molecule has 1 N–H and O–H groups in total. The average molecular weight is 321 g/mol. The first-order chi connectivity index (χ1) is 10.7. The van der Waals surface area contributed by atoms with Gasteiger partial charge in [0.1, 0.15) is 12.2 Å². The number of carbonyl (C=O) groups excluding carboxylic acids is 1. The van der Waals surface area contributed by atoms with Gasteiger partial charge in [-0.2, -0.15) is 0 Å². The second-order valence-electron chi connectivity index (χ2n) is 5.12. The van der Waals surface area contributed by atoms with Crippen LogP contribution in [0.15, 0.2) is 30.6 Å². The summed E-state index contributed by atoms with van der Waals surface area (Å²) in [5.74, 6) is 1.03. The van der Waals surface area contributed by atoms with Crippen LogP contribution in [0, 0.1) is 0 Å². The monoisotopic (exact) mass is 320 g/mol. The maximum Gasteiger partial charge on any atom is 0.220 e. The van der Waals surface area contributed by atoms with Crippen molar-refractivity contribution in [3.63, 3.8) is 0 Å². The molecule has 0 spiro atoms. The van der Waals surface area contributed by atoms with E-state index in [1.165, 1.54) is 5.56 Å². The Kier molecular flexibility index (Phi) is 6.40. The van der Waals surface area contributed by atoms with Gasteiger partial charge in [0, 0.05) is 31.0 Å². The van der Waals surface area contributed by atoms with Crippen molar-refractivity contribution in [1.29, 1.82) is 0 Å². The van der Waals surface area contributed by atoms with Crippen molar-refractivity contribution in [1.82, 2.24) is 20.1 Å². The van der Waals surface area contributed by atoms with Gasteiger partial charge in [-0.25, -0.2) is 0 Å². The summed E-state index contributed by atoms with van der Waals surface area (Å²) in [4.78, 5) is 11.8. The van der Waals surface area contributed by atoms with E-state index in [-0.39, 0.29) is 5.91 Å². The van der Waals surface area contributed by atoms with Crippen LogP contribution >= 0.6 is 11.6 Å². The van der Waals surface area contributed by atoms with Crippen molar-refractivity contribution >= 4 is 17.5 Å². The number of nitrogens with one attached hydrogen (secondary N) is 1. The van der Waals surface area contributed by atoms with E-state index in [0.717, 1.165) is 30.1 Å². The first kappa shape index (κ1) is 16.5. The van der Waals surface area contributed by atoms with E-state index in [1.807, 2.05) is 35.8 Å². The molecule has 1 aromatic carbocycles. The summed E-state index contributed by atoms with van der Waals surface area (Å²) in [6.07, 6.45) is 4.79. The number of benzene rings is 1. The molecule has 118 valence electrons. The molecule has 1 amide bonds. The zero-order valence-electron chi connectivity index (χ0n) is 12.8. The number of halogens is 1. The highest BCUT2D eigenvalue weighted by Crippen LogP contribution is 2.11. The Labute approximate surface area is 135 Å². The van der Waals surface area contributed by atoms with Crippen LogP contribution in [0.3, 0.4) is 0 Å². The predicted octanol–water partition coefficient (Wildman–Crippen LogP) is 2.63. The van der Waals surface area contributed by atoms with Gasteiger partial charge in [-0.1, -0.05) is 30.7 Å². The molecule has 5 nitrogen and oxygen atoms in total. The van der Waals surface area contributed by atoms with Gasteiger partial charge < -0.3 is 9.88 Å². The lowest BCUT2D eigenvalue weighted by molar-refractivity contribution is -0.121. The van der Waals surface area contributed by atoms with Crippen molar-refractivity contribution in [3.05, 3.63) is 47.0 Å². The molecule has 2 aromatic rings. The minimum Gasteiger partial charge on any atom is -0.354 e. The highest BCUT2D eigenvalue weighted by atomic mass is 35.5. The molecule has 0 aliphatic heterocycles. The molecule has 0 aliphatic carbocycles. The Morgan fingerprint density at radius 2 is 2.09 bits per heavy atom. The first-order valence-corrected chi connectivity index (χ1v) is 7.94. The fourth-order valence-electron chi connectivity index (χ4n) is 2.25. The average Bonchev–Trinajstić information content (AvgIpc) is 2.97. The van der Waals surface area contributed by atoms with E-state index in [1.54, 1.807) is 6.33 Å². The number of aryl methyl sites for hydroxylation is 2. The van der Waals surface area contributed by atoms with Crippen molar-refractivity contribution in [2.24, 2.45) is 0 Å². The van der Waals surface area contributed by atoms with Gasteiger partial charge >= 0.3 is 0 Å². The van der Waals surface area contributed by atoms with Crippen LogP contribution in [0.1, 0.15) is 31.2 Å². The maximum absolute atomic E-state index is 11.8. The van der Waals surface area contributed by atoms with Crippen LogP contribution < -0.4 is 5.32 Å². The summed E-state index contributed by atoms with van der Waals surface area (Å²) in [6, 6.07) is 7.75. The third-order valence-corrected chi connectivity index (χ3v) is 3.72. The van der Waals surface area contributed by atoms with Crippen LogP contribution in [-0.4, -0.2) is 27.2 Å². The molecule has 1 aromatic heterocycles. The second-order valence-corrected chi connectivity index (χ2v) is 5.56. The Morgan fingerprint density at radius 1 is 1.32 bits per heavy atom. The van der Waals surface area contributed by atoms with Gasteiger partial charge in [0.25, 0.3) is 0 Å². The zero-order valence-corrected chi connectivity index (χ0v) is 13.5. The van der Waals surface area contributed by atoms with Crippen LogP contribution in [0.4, 0.5) is 0 Å². The van der Waals surface area contributed by atoms with Crippen molar-refractivity contribution < 1.29 is 4.79 Å². The molecular formula is C16H21ClN4O. The number of rotatable bonds is 8. The van der Waals surface area contributed by atoms with Gasteiger partial charge in [0.15, 0.2) is 0 Å². The lowest BCUT2D eigenvalue weighted by Gasteiger charge is -2.07. The number of carbonyl (C=O) groups is 1. The molecule has 0 fully saturated rings. The van der Waals surface area contributed by atoms with E-state index in [9.17, 15) is 4.79 Å². The Balaban J connectivity index is 1.63. The van der Waals surface area contributed by atoms with Crippen molar-refractivity contribution in [2.75, 3.05) is 6.54 Å². The van der Waals surface area contributed by atoms with E-state index in [2.05, 4.69) is 15.5 Å². The van der Waals surface area contributed by atoms with E-state index in [4.69, 9.17) is 11.6 Å². The topological polar surface area (TPSA) is 59.8 Å². The molecule has 0 bridgehead atoms. The SMILES string of the molecule is CCc1nncn1CCNC(=O)CCCc1ccc(Cl)cc1. The van der Waals surface area contributed by atoms with Crippen LogP contribution in [0.5, 0.6) is 0 Å². The van der Waals surface area contributed by atoms with Gasteiger partial charge in [0.05, 0.1) is 0 Å². The van der Waals surface area contributed by atoms with Crippen LogP contribution in [0.25, 0.3) is 0 Å². The molecule has 6 heteroatoms. The smallest absolute Gasteiger partial charge is 0.220 e. The summed E-state index contributed by atoms with van der Waals surface area (Å²) in [6.45, 7) is 3.35. The number of amides is 1. The number of nitrogens with zero attached hydrogens (tertiary/aromatic N) is 3. The Bertz CT molecular complexity index is 594. The van der Waals surface area contributed by atoms with Crippen LogP contribution in [0.2, 0.25) is 5.02 Å². The molecule has 22 heavy (non-hydrogen) atoms. The largest absolute Gasteiger partial charge is 0.354 e. The van der Waals surface area contributed by atoms with Gasteiger partial charge in [-0.3, -0.25) is 4.79 Å². The molecular weight excluding hydrogens is 300 g/mol. The Hall–Kier alpha value is -1.88. The minimum absolute atomic E-state index is 0.0834. The highest BCUT2D eigenvalue weighted by Gasteiger charge is 2.04. The quantitative estimate of drug-likeness (QED) is 0.813. The summed E-state index contributed by atoms with van der Waals surface area (Å²) < 4.78 is 1.97. The van der Waals surface area contributed by atoms with Crippen LogP contribution in [-0.2, 0) is 24.2 Å². The minimum atomic E-state index is 0.0834. The van der Waals surface area contributed by atoms with E-state index >= 15 is 0 Å². The van der Waals surface area contributed by atoms with Gasteiger partial charge in [-0.15, -0.1) is 10.2 Å². The normalized spacial score (nSPS) is 10.6. The fraction of sp³-hybridized carbons (Fsp3) is 0.438. The molecule has 1 heterocycles. The van der Waals surface area contributed by atoms with Crippen molar-refractivity contribution in [2.45, 2.75) is 39.2 Å². The first-order valence-electron chi connectivity index (χ1n) is 7.57. The summed E-state index contributed by atoms with van der Waals surface area (Å²) in [7, 11) is 0. The molecule has 0 aliphatic rings. The number of hydrogen-bond acceptors (Lipinski definition) is 3. The molecule has 0 unspecified atom stereocenters. The number of aromatic nitrogens is 3. The molecule has 0 saturated heterocycles. The van der Waals surface area contributed by atoms with Gasteiger partial charge in [-0.05, 0) is 30.5 Å². The standard InChI is InChI=1S/C16H21ClN4O/c1-2-15-20-19-12-21(15)11-10-18-16(22)5-3-4-13-6-8-14(17)9-7-13/h6-9,12H,2-5,10-11H2,1H3,(H,18,22). The van der Waals surface area contributed by atoms with Crippen molar-refractivity contribution in [3.8, 4) is 0 Å². The molecule has 0 atom stereocenters. The molecule has 2 rings (SSSR count). The lowest BCUT2D eigenvalue weighted by atomic mass is 10.1. The number of hydrogen-bond donors (Lipinski definition) is 1. The molecule has 0 radical (unpaired) electrons. The summed E-state index contributed by atoms with van der Waals surface area (Å²) in [5, 5.41) is 11.6. The molecule has 0 saturated carbocycles. The maximum atomic E-state index is 11.8. The fourth-order valence-corrected chi connectivity index (χ4v) is 2.37.